The Kier molecular flexibility index (Phi) is 5.00. The van der Waals surface area contributed by atoms with E-state index in [1.165, 1.54) is 0 Å². The summed E-state index contributed by atoms with van der Waals surface area (Å²) in [5, 5.41) is 3.29. The number of hydrogen-bond donors (Lipinski definition) is 2. The van der Waals surface area contributed by atoms with Crippen molar-refractivity contribution in [1.82, 2.24) is 10.0 Å². The SMILES string of the molecule is Cc1ccc(S(=O)(=O)NCC2CCCNC2)c(Br)c1. The normalized spacial score (nSPS) is 20.4. The van der Waals surface area contributed by atoms with Crippen LogP contribution in [0.1, 0.15) is 18.4 Å². The lowest BCUT2D eigenvalue weighted by Gasteiger charge is -2.23. The van der Waals surface area contributed by atoms with Crippen LogP contribution in [-0.2, 0) is 10.0 Å². The monoisotopic (exact) mass is 346 g/mol. The Morgan fingerprint density at radius 2 is 2.26 bits per heavy atom. The first kappa shape index (κ1) is 15.0. The summed E-state index contributed by atoms with van der Waals surface area (Å²) in [6, 6.07) is 5.26. The van der Waals surface area contributed by atoms with Crippen LogP contribution in [0.2, 0.25) is 0 Å². The van der Waals surface area contributed by atoms with Crippen LogP contribution >= 0.6 is 15.9 Å². The standard InChI is InChI=1S/C13H19BrN2O2S/c1-10-4-5-13(12(14)7-10)19(17,18)16-9-11-3-2-6-15-8-11/h4-5,7,11,15-16H,2-3,6,8-9H2,1H3. The van der Waals surface area contributed by atoms with Crippen molar-refractivity contribution in [1.29, 1.82) is 0 Å². The molecule has 1 aliphatic heterocycles. The van der Waals surface area contributed by atoms with Crippen LogP contribution in [0.3, 0.4) is 0 Å². The summed E-state index contributed by atoms with van der Waals surface area (Å²) in [6.45, 7) is 4.35. The molecule has 4 nitrogen and oxygen atoms in total. The van der Waals surface area contributed by atoms with Crippen LogP contribution in [-0.4, -0.2) is 28.1 Å². The van der Waals surface area contributed by atoms with E-state index in [0.29, 0.717) is 21.8 Å². The van der Waals surface area contributed by atoms with Crippen LogP contribution in [0.4, 0.5) is 0 Å². The Morgan fingerprint density at radius 3 is 2.89 bits per heavy atom. The third-order valence-corrected chi connectivity index (χ3v) is 5.74. The predicted octanol–water partition coefficient (Wildman–Crippen LogP) is 2.04. The molecule has 0 radical (unpaired) electrons. The number of sulfonamides is 1. The summed E-state index contributed by atoms with van der Waals surface area (Å²) in [4.78, 5) is 0.307. The summed E-state index contributed by atoms with van der Waals surface area (Å²) in [6.07, 6.45) is 2.19. The fourth-order valence-corrected chi connectivity index (χ4v) is 4.53. The van der Waals surface area contributed by atoms with Gasteiger partial charge in [-0.25, -0.2) is 13.1 Å². The van der Waals surface area contributed by atoms with Crippen molar-refractivity contribution < 1.29 is 8.42 Å². The summed E-state index contributed by atoms with van der Waals surface area (Å²) >= 11 is 3.32. The highest BCUT2D eigenvalue weighted by Gasteiger charge is 2.20. The van der Waals surface area contributed by atoms with Crippen LogP contribution in [0.5, 0.6) is 0 Å². The molecule has 106 valence electrons. The van der Waals surface area contributed by atoms with Crippen LogP contribution in [0, 0.1) is 12.8 Å². The maximum Gasteiger partial charge on any atom is 0.241 e. The molecule has 1 atom stereocenters. The number of hydrogen-bond acceptors (Lipinski definition) is 3. The molecule has 1 aromatic carbocycles. The topological polar surface area (TPSA) is 58.2 Å². The second-order valence-electron chi connectivity index (χ2n) is 5.00. The van der Waals surface area contributed by atoms with E-state index < -0.39 is 10.0 Å². The van der Waals surface area contributed by atoms with Gasteiger partial charge in [0, 0.05) is 11.0 Å². The molecule has 2 N–H and O–H groups in total. The molecule has 1 saturated heterocycles. The molecule has 0 saturated carbocycles. The largest absolute Gasteiger partial charge is 0.316 e. The zero-order valence-corrected chi connectivity index (χ0v) is 13.4. The number of piperidine rings is 1. The van der Waals surface area contributed by atoms with Crippen molar-refractivity contribution in [2.24, 2.45) is 5.92 Å². The van der Waals surface area contributed by atoms with E-state index in [1.807, 2.05) is 19.1 Å². The molecule has 19 heavy (non-hydrogen) atoms. The van der Waals surface area contributed by atoms with Gasteiger partial charge in [0.25, 0.3) is 0 Å². The predicted molar refractivity (Wildman–Crippen MR) is 79.7 cm³/mol. The Balaban J connectivity index is 2.05. The zero-order valence-electron chi connectivity index (χ0n) is 10.9. The first-order valence-electron chi connectivity index (χ1n) is 6.45. The third kappa shape index (κ3) is 4.02. The van der Waals surface area contributed by atoms with Gasteiger partial charge in [-0.05, 0) is 72.4 Å². The maximum atomic E-state index is 12.2. The molecule has 1 heterocycles. The van der Waals surface area contributed by atoms with E-state index in [4.69, 9.17) is 0 Å². The maximum absolute atomic E-state index is 12.2. The van der Waals surface area contributed by atoms with E-state index >= 15 is 0 Å². The lowest BCUT2D eigenvalue weighted by molar-refractivity contribution is 0.376. The number of rotatable bonds is 4. The van der Waals surface area contributed by atoms with Gasteiger partial charge < -0.3 is 5.32 Å². The van der Waals surface area contributed by atoms with Gasteiger partial charge in [-0.2, -0.15) is 0 Å². The van der Waals surface area contributed by atoms with Gasteiger partial charge in [0.2, 0.25) is 10.0 Å². The second-order valence-corrected chi connectivity index (χ2v) is 7.59. The average molecular weight is 347 g/mol. The number of aryl methyl sites for hydroxylation is 1. The molecular weight excluding hydrogens is 328 g/mol. The van der Waals surface area contributed by atoms with Crippen LogP contribution < -0.4 is 10.0 Å². The summed E-state index contributed by atoms with van der Waals surface area (Å²) in [5.41, 5.74) is 1.03. The molecule has 0 amide bonds. The summed E-state index contributed by atoms with van der Waals surface area (Å²) in [7, 11) is -3.43. The van der Waals surface area contributed by atoms with Gasteiger partial charge in [0.1, 0.15) is 0 Å². The molecule has 1 unspecified atom stereocenters. The van der Waals surface area contributed by atoms with E-state index in [1.54, 1.807) is 6.07 Å². The van der Waals surface area contributed by atoms with Crippen molar-refractivity contribution in [3.05, 3.63) is 28.2 Å². The minimum atomic E-state index is -3.43. The number of halogens is 1. The molecule has 1 aromatic rings. The fraction of sp³-hybridized carbons (Fsp3) is 0.538. The molecule has 0 bridgehead atoms. The molecule has 0 spiro atoms. The quantitative estimate of drug-likeness (QED) is 0.876. The third-order valence-electron chi connectivity index (χ3n) is 3.34. The Labute approximate surface area is 123 Å². The highest BCUT2D eigenvalue weighted by Crippen LogP contribution is 2.23. The van der Waals surface area contributed by atoms with Crippen molar-refractivity contribution in [2.45, 2.75) is 24.7 Å². The smallest absolute Gasteiger partial charge is 0.241 e. The van der Waals surface area contributed by atoms with Crippen molar-refractivity contribution in [2.75, 3.05) is 19.6 Å². The molecule has 0 aliphatic carbocycles. The second kappa shape index (κ2) is 6.35. The van der Waals surface area contributed by atoms with Gasteiger partial charge in [-0.15, -0.1) is 0 Å². The summed E-state index contributed by atoms with van der Waals surface area (Å²) < 4.78 is 27.8. The van der Waals surface area contributed by atoms with Gasteiger partial charge in [-0.1, -0.05) is 6.07 Å². The zero-order chi connectivity index (χ0) is 13.9. The minimum absolute atomic E-state index is 0.307. The highest BCUT2D eigenvalue weighted by atomic mass is 79.9. The van der Waals surface area contributed by atoms with Crippen LogP contribution in [0.25, 0.3) is 0 Å². The Morgan fingerprint density at radius 1 is 1.47 bits per heavy atom. The van der Waals surface area contributed by atoms with Crippen molar-refractivity contribution in [3.63, 3.8) is 0 Å². The molecule has 6 heteroatoms. The van der Waals surface area contributed by atoms with Gasteiger partial charge in [-0.3, -0.25) is 0 Å². The van der Waals surface area contributed by atoms with Gasteiger partial charge in [0.15, 0.2) is 0 Å². The molecule has 1 aliphatic rings. The average Bonchev–Trinajstić information content (AvgIpc) is 2.37. The molecule has 1 fully saturated rings. The van der Waals surface area contributed by atoms with E-state index in [-0.39, 0.29) is 0 Å². The Hall–Kier alpha value is -0.430. The first-order valence-corrected chi connectivity index (χ1v) is 8.73. The van der Waals surface area contributed by atoms with Gasteiger partial charge in [0.05, 0.1) is 4.90 Å². The minimum Gasteiger partial charge on any atom is -0.316 e. The van der Waals surface area contributed by atoms with E-state index in [9.17, 15) is 8.42 Å². The molecule has 2 rings (SSSR count). The summed E-state index contributed by atoms with van der Waals surface area (Å²) in [5.74, 6) is 0.382. The molecule has 0 aromatic heterocycles. The van der Waals surface area contributed by atoms with Crippen molar-refractivity contribution >= 4 is 26.0 Å². The first-order chi connectivity index (χ1) is 8.99. The van der Waals surface area contributed by atoms with Crippen LogP contribution in [0.15, 0.2) is 27.6 Å². The number of nitrogens with one attached hydrogen (secondary N) is 2. The van der Waals surface area contributed by atoms with E-state index in [2.05, 4.69) is 26.0 Å². The lowest BCUT2D eigenvalue weighted by Crippen LogP contribution is -2.38. The number of benzene rings is 1. The van der Waals surface area contributed by atoms with Gasteiger partial charge >= 0.3 is 0 Å². The van der Waals surface area contributed by atoms with E-state index in [0.717, 1.165) is 31.5 Å². The van der Waals surface area contributed by atoms with Crippen molar-refractivity contribution in [3.8, 4) is 0 Å². The highest BCUT2D eigenvalue weighted by molar-refractivity contribution is 9.10. The molecular formula is C13H19BrN2O2S. The lowest BCUT2D eigenvalue weighted by atomic mass is 10.0. The Bertz CT molecular complexity index is 540. The fourth-order valence-electron chi connectivity index (χ4n) is 2.23.